The molecule has 0 fully saturated rings. The molecule has 6 nitrogen and oxygen atoms in total. The van der Waals surface area contributed by atoms with Crippen molar-refractivity contribution in [1.29, 1.82) is 0 Å². The highest BCUT2D eigenvalue weighted by Gasteiger charge is 2.38. The van der Waals surface area contributed by atoms with Crippen molar-refractivity contribution in [3.63, 3.8) is 0 Å². The van der Waals surface area contributed by atoms with Crippen LogP contribution in [0.25, 0.3) is 0 Å². The van der Waals surface area contributed by atoms with E-state index >= 15 is 0 Å². The molecule has 0 aliphatic carbocycles. The number of fused-ring (bicyclic) bond motifs is 1. The van der Waals surface area contributed by atoms with E-state index in [9.17, 15) is 9.59 Å². The number of ether oxygens (including phenoxy) is 1. The standard InChI is InChI=1S/C25H25N3O3/c1-17-15-23(28(18(2)29)24-13-6-7-14-26-24)21-11-4-5-12-22(21)27(17)25(30)19-9-8-10-20(16-19)31-3/h4-14,16-17,23H,15H2,1-3H3/t17-,23+/m0/s1. The first kappa shape index (κ1) is 20.6. The fourth-order valence-corrected chi connectivity index (χ4v) is 4.27. The number of rotatable bonds is 4. The van der Waals surface area contributed by atoms with Crippen LogP contribution in [-0.4, -0.2) is 29.9 Å². The van der Waals surface area contributed by atoms with E-state index in [2.05, 4.69) is 4.98 Å². The summed E-state index contributed by atoms with van der Waals surface area (Å²) in [5, 5.41) is 0. The molecule has 0 bridgehead atoms. The number of hydrogen-bond donors (Lipinski definition) is 0. The Morgan fingerprint density at radius 2 is 1.84 bits per heavy atom. The van der Waals surface area contributed by atoms with E-state index in [0.29, 0.717) is 23.6 Å². The summed E-state index contributed by atoms with van der Waals surface area (Å²) in [4.78, 5) is 34.1. The minimum absolute atomic E-state index is 0.0849. The first-order valence-electron chi connectivity index (χ1n) is 10.3. The number of aromatic nitrogens is 1. The van der Waals surface area contributed by atoms with E-state index in [1.165, 1.54) is 0 Å². The first-order chi connectivity index (χ1) is 15.0. The minimum Gasteiger partial charge on any atom is -0.497 e. The van der Waals surface area contributed by atoms with E-state index in [4.69, 9.17) is 4.74 Å². The van der Waals surface area contributed by atoms with Crippen LogP contribution in [0, 0.1) is 0 Å². The second-order valence-corrected chi connectivity index (χ2v) is 7.64. The van der Waals surface area contributed by atoms with Gasteiger partial charge < -0.3 is 9.64 Å². The number of carbonyl (C=O) groups is 2. The van der Waals surface area contributed by atoms with Crippen LogP contribution in [0.4, 0.5) is 11.5 Å². The Morgan fingerprint density at radius 1 is 1.06 bits per heavy atom. The third-order valence-electron chi connectivity index (χ3n) is 5.64. The van der Waals surface area contributed by atoms with Crippen LogP contribution in [0.1, 0.15) is 42.2 Å². The van der Waals surface area contributed by atoms with E-state index in [1.54, 1.807) is 37.3 Å². The monoisotopic (exact) mass is 415 g/mol. The van der Waals surface area contributed by atoms with E-state index < -0.39 is 0 Å². The number of pyridine rings is 1. The second kappa shape index (κ2) is 8.60. The Labute approximate surface area is 182 Å². The third-order valence-corrected chi connectivity index (χ3v) is 5.64. The van der Waals surface area contributed by atoms with Gasteiger partial charge in [-0.05, 0) is 55.3 Å². The topological polar surface area (TPSA) is 62.7 Å². The predicted molar refractivity (Wildman–Crippen MR) is 120 cm³/mol. The van der Waals surface area contributed by atoms with Gasteiger partial charge in [-0.25, -0.2) is 4.98 Å². The normalized spacial score (nSPS) is 17.6. The molecule has 2 aromatic carbocycles. The van der Waals surface area contributed by atoms with Crippen molar-refractivity contribution < 1.29 is 14.3 Å². The summed E-state index contributed by atoms with van der Waals surface area (Å²) in [5.41, 5.74) is 2.30. The molecule has 0 saturated heterocycles. The molecule has 1 aromatic heterocycles. The minimum atomic E-state index is -0.215. The summed E-state index contributed by atoms with van der Waals surface area (Å²) >= 11 is 0. The Hall–Kier alpha value is -3.67. The lowest BCUT2D eigenvalue weighted by atomic mass is 9.89. The lowest BCUT2D eigenvalue weighted by molar-refractivity contribution is -0.117. The first-order valence-corrected chi connectivity index (χ1v) is 10.3. The Kier molecular flexibility index (Phi) is 5.71. The number of methoxy groups -OCH3 is 1. The van der Waals surface area contributed by atoms with Gasteiger partial charge in [-0.15, -0.1) is 0 Å². The predicted octanol–water partition coefficient (Wildman–Crippen LogP) is 4.62. The number of carbonyl (C=O) groups excluding carboxylic acids is 2. The summed E-state index contributed by atoms with van der Waals surface area (Å²) in [7, 11) is 1.58. The van der Waals surface area contributed by atoms with Crippen LogP contribution >= 0.6 is 0 Å². The molecule has 0 saturated carbocycles. The van der Waals surface area contributed by atoms with Gasteiger partial charge in [0.1, 0.15) is 11.6 Å². The van der Waals surface area contributed by atoms with Crippen LogP contribution in [0.5, 0.6) is 5.75 Å². The van der Waals surface area contributed by atoms with Gasteiger partial charge in [0, 0.05) is 30.4 Å². The molecule has 2 heterocycles. The van der Waals surface area contributed by atoms with Crippen molar-refractivity contribution in [3.05, 3.63) is 84.1 Å². The number of anilines is 2. The molecule has 0 N–H and O–H groups in total. The van der Waals surface area contributed by atoms with Crippen molar-refractivity contribution in [1.82, 2.24) is 4.98 Å². The smallest absolute Gasteiger partial charge is 0.258 e. The average Bonchev–Trinajstić information content (AvgIpc) is 2.79. The fraction of sp³-hybridized carbons (Fsp3) is 0.240. The number of para-hydroxylation sites is 1. The summed E-state index contributed by atoms with van der Waals surface area (Å²) < 4.78 is 5.29. The van der Waals surface area contributed by atoms with Crippen LogP contribution < -0.4 is 14.5 Å². The summed E-state index contributed by atoms with van der Waals surface area (Å²) in [6.07, 6.45) is 2.28. The number of nitrogens with zero attached hydrogens (tertiary/aromatic N) is 3. The molecule has 6 heteroatoms. The largest absolute Gasteiger partial charge is 0.497 e. The van der Waals surface area contributed by atoms with Crippen LogP contribution in [0.2, 0.25) is 0 Å². The molecule has 1 aliphatic rings. The number of benzene rings is 2. The zero-order valence-corrected chi connectivity index (χ0v) is 17.9. The average molecular weight is 415 g/mol. The second-order valence-electron chi connectivity index (χ2n) is 7.64. The van der Waals surface area contributed by atoms with Gasteiger partial charge in [0.25, 0.3) is 5.91 Å². The van der Waals surface area contributed by atoms with Crippen LogP contribution in [0.3, 0.4) is 0 Å². The van der Waals surface area contributed by atoms with Crippen molar-refractivity contribution in [2.75, 3.05) is 16.9 Å². The zero-order chi connectivity index (χ0) is 22.0. The fourth-order valence-electron chi connectivity index (χ4n) is 4.27. The number of amides is 2. The van der Waals surface area contributed by atoms with Crippen LogP contribution in [-0.2, 0) is 4.79 Å². The molecule has 1 aliphatic heterocycles. The van der Waals surface area contributed by atoms with Gasteiger partial charge in [0.05, 0.1) is 13.2 Å². The van der Waals surface area contributed by atoms with E-state index in [1.807, 2.05) is 66.4 Å². The van der Waals surface area contributed by atoms with E-state index in [0.717, 1.165) is 11.3 Å². The van der Waals surface area contributed by atoms with Gasteiger partial charge >= 0.3 is 0 Å². The van der Waals surface area contributed by atoms with Gasteiger partial charge in [-0.1, -0.05) is 30.3 Å². The highest BCUT2D eigenvalue weighted by Crippen LogP contribution is 2.42. The maximum Gasteiger partial charge on any atom is 0.258 e. The van der Waals surface area contributed by atoms with Gasteiger partial charge in [-0.2, -0.15) is 0 Å². The highest BCUT2D eigenvalue weighted by molar-refractivity contribution is 6.07. The molecule has 3 aromatic rings. The third kappa shape index (κ3) is 3.89. The summed E-state index contributed by atoms with van der Waals surface area (Å²) in [5.74, 6) is 1.07. The van der Waals surface area contributed by atoms with Crippen molar-refractivity contribution >= 4 is 23.3 Å². The zero-order valence-electron chi connectivity index (χ0n) is 17.9. The quantitative estimate of drug-likeness (QED) is 0.624. The molecule has 2 atom stereocenters. The lowest BCUT2D eigenvalue weighted by Crippen LogP contribution is -2.47. The maximum atomic E-state index is 13.5. The summed E-state index contributed by atoms with van der Waals surface area (Å²) in [6.45, 7) is 3.56. The maximum absolute atomic E-state index is 13.5. The molecule has 4 rings (SSSR count). The number of hydrogen-bond acceptors (Lipinski definition) is 4. The molecule has 2 amide bonds. The Morgan fingerprint density at radius 3 is 2.55 bits per heavy atom. The molecule has 158 valence electrons. The Bertz CT molecular complexity index is 1100. The highest BCUT2D eigenvalue weighted by atomic mass is 16.5. The molecule has 31 heavy (non-hydrogen) atoms. The summed E-state index contributed by atoms with van der Waals surface area (Å²) in [6, 6.07) is 20.1. The van der Waals surface area contributed by atoms with E-state index in [-0.39, 0.29) is 23.9 Å². The molecule has 0 radical (unpaired) electrons. The molecule has 0 spiro atoms. The molecular formula is C25H25N3O3. The van der Waals surface area contributed by atoms with Crippen molar-refractivity contribution in [2.24, 2.45) is 0 Å². The van der Waals surface area contributed by atoms with Crippen molar-refractivity contribution in [3.8, 4) is 5.75 Å². The van der Waals surface area contributed by atoms with Gasteiger partial charge in [0.15, 0.2) is 0 Å². The van der Waals surface area contributed by atoms with Crippen LogP contribution in [0.15, 0.2) is 72.9 Å². The Balaban J connectivity index is 1.77. The van der Waals surface area contributed by atoms with Crippen molar-refractivity contribution in [2.45, 2.75) is 32.4 Å². The SMILES string of the molecule is COc1cccc(C(=O)N2c3ccccc3[C@H](N(C(C)=O)c3ccccn3)C[C@@H]2C)c1. The van der Waals surface area contributed by atoms with Gasteiger partial charge in [-0.3, -0.25) is 14.5 Å². The lowest BCUT2D eigenvalue weighted by Gasteiger charge is -2.43. The molecular weight excluding hydrogens is 390 g/mol. The molecule has 0 unspecified atom stereocenters. The van der Waals surface area contributed by atoms with Gasteiger partial charge in [0.2, 0.25) is 5.91 Å².